The average molecular weight is 281 g/mol. The zero-order valence-corrected chi connectivity index (χ0v) is 12.5. The zero-order chi connectivity index (χ0) is 14.3. The van der Waals surface area contributed by atoms with Gasteiger partial charge in [0.15, 0.2) is 0 Å². The summed E-state index contributed by atoms with van der Waals surface area (Å²) in [4.78, 5) is 2.53. The highest BCUT2D eigenvalue weighted by Gasteiger charge is 2.10. The quantitative estimate of drug-likeness (QED) is 0.735. The monoisotopic (exact) mass is 281 g/mol. The smallest absolute Gasteiger partial charge is 0.119 e. The maximum absolute atomic E-state index is 5.90. The number of hydrogen-bond acceptors (Lipinski definition) is 2. The van der Waals surface area contributed by atoms with E-state index < -0.39 is 0 Å². The van der Waals surface area contributed by atoms with E-state index in [4.69, 9.17) is 4.74 Å². The largest absolute Gasteiger partial charge is 0.494 e. The highest BCUT2D eigenvalue weighted by molar-refractivity contribution is 5.64. The van der Waals surface area contributed by atoms with E-state index in [1.54, 1.807) is 0 Å². The third-order valence-corrected chi connectivity index (χ3v) is 4.03. The fraction of sp³-hybridized carbons (Fsp3) is 0.368. The molecule has 2 aromatic carbocycles. The normalized spacial score (nSPS) is 15.2. The minimum Gasteiger partial charge on any atom is -0.494 e. The number of rotatable bonds is 6. The molecule has 2 nitrogen and oxygen atoms in total. The molecule has 1 heterocycles. The molecule has 1 fully saturated rings. The van der Waals surface area contributed by atoms with Crippen LogP contribution >= 0.6 is 0 Å². The van der Waals surface area contributed by atoms with Crippen LogP contribution in [0.1, 0.15) is 19.3 Å². The topological polar surface area (TPSA) is 12.5 Å². The molecule has 0 amide bonds. The van der Waals surface area contributed by atoms with Crippen molar-refractivity contribution < 1.29 is 4.74 Å². The van der Waals surface area contributed by atoms with Crippen LogP contribution in [0.2, 0.25) is 0 Å². The van der Waals surface area contributed by atoms with Gasteiger partial charge >= 0.3 is 0 Å². The zero-order valence-electron chi connectivity index (χ0n) is 12.5. The summed E-state index contributed by atoms with van der Waals surface area (Å²) in [6.07, 6.45) is 3.83. The highest BCUT2D eigenvalue weighted by Crippen LogP contribution is 2.23. The Kier molecular flexibility index (Phi) is 4.90. The van der Waals surface area contributed by atoms with Gasteiger partial charge in [-0.05, 0) is 55.6 Å². The molecular weight excluding hydrogens is 258 g/mol. The van der Waals surface area contributed by atoms with Gasteiger partial charge in [0.25, 0.3) is 0 Å². The van der Waals surface area contributed by atoms with Crippen molar-refractivity contribution in [1.29, 1.82) is 0 Å². The summed E-state index contributed by atoms with van der Waals surface area (Å²) in [5.74, 6) is 0.970. The van der Waals surface area contributed by atoms with Gasteiger partial charge in [-0.25, -0.2) is 0 Å². The Morgan fingerprint density at radius 3 is 2.43 bits per heavy atom. The van der Waals surface area contributed by atoms with E-state index in [0.717, 1.165) is 18.8 Å². The first-order valence-electron chi connectivity index (χ1n) is 7.92. The average Bonchev–Trinajstić information content (AvgIpc) is 3.06. The van der Waals surface area contributed by atoms with E-state index in [9.17, 15) is 0 Å². The standard InChI is InChI=1S/C19H23NO/c1-2-8-17(9-3-1)18-10-6-11-19(16-18)21-15-7-14-20-12-4-5-13-20/h1-3,6,8-11,16H,4-5,7,12-15H2. The SMILES string of the molecule is c1ccc(-c2cccc(OCCCN3CCCC3)c2)cc1. The molecular formula is C19H23NO. The molecule has 110 valence electrons. The Morgan fingerprint density at radius 2 is 1.62 bits per heavy atom. The molecule has 0 bridgehead atoms. The van der Waals surface area contributed by atoms with Crippen molar-refractivity contribution in [2.24, 2.45) is 0 Å². The van der Waals surface area contributed by atoms with Crippen molar-refractivity contribution in [3.63, 3.8) is 0 Å². The van der Waals surface area contributed by atoms with E-state index in [0.29, 0.717) is 0 Å². The van der Waals surface area contributed by atoms with Crippen molar-refractivity contribution >= 4 is 0 Å². The molecule has 2 aromatic rings. The molecule has 0 radical (unpaired) electrons. The summed E-state index contributed by atoms with van der Waals surface area (Å²) in [6.45, 7) is 4.50. The van der Waals surface area contributed by atoms with E-state index in [2.05, 4.69) is 47.4 Å². The predicted octanol–water partition coefficient (Wildman–Crippen LogP) is 4.22. The predicted molar refractivity (Wildman–Crippen MR) is 87.7 cm³/mol. The maximum atomic E-state index is 5.90. The van der Waals surface area contributed by atoms with E-state index >= 15 is 0 Å². The first-order valence-corrected chi connectivity index (χ1v) is 7.92. The lowest BCUT2D eigenvalue weighted by Gasteiger charge is -2.14. The third-order valence-electron chi connectivity index (χ3n) is 4.03. The molecule has 0 aliphatic carbocycles. The van der Waals surface area contributed by atoms with Gasteiger partial charge < -0.3 is 9.64 Å². The molecule has 0 saturated carbocycles. The molecule has 3 rings (SSSR count). The first-order chi connectivity index (χ1) is 10.4. The fourth-order valence-corrected chi connectivity index (χ4v) is 2.88. The van der Waals surface area contributed by atoms with Gasteiger partial charge in [-0.15, -0.1) is 0 Å². The van der Waals surface area contributed by atoms with Gasteiger partial charge in [-0.2, -0.15) is 0 Å². The number of ether oxygens (including phenoxy) is 1. The van der Waals surface area contributed by atoms with Crippen LogP contribution in [0.15, 0.2) is 54.6 Å². The van der Waals surface area contributed by atoms with Gasteiger partial charge in [-0.3, -0.25) is 0 Å². The van der Waals surface area contributed by atoms with Crippen LogP contribution in [-0.2, 0) is 0 Å². The van der Waals surface area contributed by atoms with E-state index in [1.165, 1.54) is 43.6 Å². The van der Waals surface area contributed by atoms with Crippen LogP contribution in [0.25, 0.3) is 11.1 Å². The van der Waals surface area contributed by atoms with Crippen molar-refractivity contribution in [1.82, 2.24) is 4.90 Å². The van der Waals surface area contributed by atoms with E-state index in [1.807, 2.05) is 12.1 Å². The minimum atomic E-state index is 0.800. The summed E-state index contributed by atoms with van der Waals surface area (Å²) in [6, 6.07) is 18.8. The Labute approximate surface area is 127 Å². The first kappa shape index (κ1) is 14.2. The Hall–Kier alpha value is -1.80. The second kappa shape index (κ2) is 7.28. The van der Waals surface area contributed by atoms with Crippen LogP contribution < -0.4 is 4.74 Å². The Balaban J connectivity index is 1.51. The van der Waals surface area contributed by atoms with Gasteiger partial charge in [0.05, 0.1) is 6.61 Å². The van der Waals surface area contributed by atoms with Crippen LogP contribution in [0.5, 0.6) is 5.75 Å². The van der Waals surface area contributed by atoms with Crippen LogP contribution in [0, 0.1) is 0 Å². The maximum Gasteiger partial charge on any atom is 0.119 e. The van der Waals surface area contributed by atoms with Crippen molar-refractivity contribution in [3.05, 3.63) is 54.6 Å². The number of benzene rings is 2. The van der Waals surface area contributed by atoms with Crippen LogP contribution in [0.4, 0.5) is 0 Å². The van der Waals surface area contributed by atoms with Gasteiger partial charge in [0, 0.05) is 6.54 Å². The third kappa shape index (κ3) is 4.08. The van der Waals surface area contributed by atoms with Crippen LogP contribution in [0.3, 0.4) is 0 Å². The Bertz CT molecular complexity index is 547. The van der Waals surface area contributed by atoms with Gasteiger partial charge in [0.1, 0.15) is 5.75 Å². The van der Waals surface area contributed by atoms with Crippen molar-refractivity contribution in [3.8, 4) is 16.9 Å². The lowest BCUT2D eigenvalue weighted by atomic mass is 10.1. The summed E-state index contributed by atoms with van der Waals surface area (Å²) >= 11 is 0. The lowest BCUT2D eigenvalue weighted by Crippen LogP contribution is -2.21. The summed E-state index contributed by atoms with van der Waals surface area (Å²) in [7, 11) is 0. The molecule has 0 atom stereocenters. The molecule has 1 saturated heterocycles. The minimum absolute atomic E-state index is 0.800. The highest BCUT2D eigenvalue weighted by atomic mass is 16.5. The molecule has 2 heteroatoms. The number of likely N-dealkylation sites (tertiary alicyclic amines) is 1. The Morgan fingerprint density at radius 1 is 0.857 bits per heavy atom. The second-order valence-electron chi connectivity index (χ2n) is 5.64. The van der Waals surface area contributed by atoms with Crippen molar-refractivity contribution in [2.75, 3.05) is 26.2 Å². The lowest BCUT2D eigenvalue weighted by molar-refractivity contribution is 0.263. The van der Waals surface area contributed by atoms with Crippen molar-refractivity contribution in [2.45, 2.75) is 19.3 Å². The number of hydrogen-bond donors (Lipinski definition) is 0. The molecule has 0 aromatic heterocycles. The van der Waals surface area contributed by atoms with Gasteiger partial charge in [-0.1, -0.05) is 42.5 Å². The van der Waals surface area contributed by atoms with Gasteiger partial charge in [0.2, 0.25) is 0 Å². The molecule has 1 aliphatic heterocycles. The molecule has 21 heavy (non-hydrogen) atoms. The second-order valence-corrected chi connectivity index (χ2v) is 5.64. The van der Waals surface area contributed by atoms with E-state index in [-0.39, 0.29) is 0 Å². The fourth-order valence-electron chi connectivity index (χ4n) is 2.88. The summed E-state index contributed by atoms with van der Waals surface area (Å²) in [5, 5.41) is 0. The number of nitrogens with zero attached hydrogens (tertiary/aromatic N) is 1. The summed E-state index contributed by atoms with van der Waals surface area (Å²) < 4.78 is 5.90. The molecule has 0 unspecified atom stereocenters. The summed E-state index contributed by atoms with van der Waals surface area (Å²) in [5.41, 5.74) is 2.45. The molecule has 0 spiro atoms. The van der Waals surface area contributed by atoms with Crippen LogP contribution in [-0.4, -0.2) is 31.1 Å². The molecule has 0 N–H and O–H groups in total. The molecule has 1 aliphatic rings.